The molecule has 0 bridgehead atoms. The number of piperazine rings is 1. The Kier molecular flexibility index (Phi) is 6.74. The number of benzene rings is 1. The molecule has 1 fully saturated rings. The third-order valence-corrected chi connectivity index (χ3v) is 4.98. The Bertz CT molecular complexity index is 962. The van der Waals surface area contributed by atoms with Gasteiger partial charge in [0.2, 0.25) is 5.91 Å². The maximum atomic E-state index is 13.4. The van der Waals surface area contributed by atoms with Crippen LogP contribution in [0.5, 0.6) is 0 Å². The first-order valence-corrected chi connectivity index (χ1v) is 9.46. The molecule has 1 aromatic heterocycles. The Morgan fingerprint density at radius 2 is 1.87 bits per heavy atom. The monoisotopic (exact) mass is 440 g/mol. The molecule has 11 heteroatoms. The molecule has 1 atom stereocenters. The summed E-state index contributed by atoms with van der Waals surface area (Å²) in [5.41, 5.74) is 3.54. The maximum Gasteiger partial charge on any atom is 0.490 e. The number of anilines is 2. The standard InChI is InChI=1S/C18H19FN4O.C2HF3O2/c19-13-2-1-12-9-15(14(12)10-13)18(24)22-16-11-21-4-3-17(16)23-7-5-20-6-8-23;3-2(4,5)1(6)7/h1-4,10-11,15,20H,5-9H2,(H,22,24);(H,6,7). The first-order valence-electron chi connectivity index (χ1n) is 9.46. The van der Waals surface area contributed by atoms with Crippen LogP contribution in [0, 0.1) is 5.82 Å². The molecule has 0 radical (unpaired) electrons. The Balaban J connectivity index is 0.000000339. The van der Waals surface area contributed by atoms with Crippen molar-refractivity contribution in [1.29, 1.82) is 0 Å². The number of fused-ring (bicyclic) bond motifs is 1. The molecule has 2 heterocycles. The predicted octanol–water partition coefficient (Wildman–Crippen LogP) is 2.54. The van der Waals surface area contributed by atoms with E-state index in [0.29, 0.717) is 12.1 Å². The average molecular weight is 440 g/mol. The summed E-state index contributed by atoms with van der Waals surface area (Å²) in [4.78, 5) is 27.9. The third-order valence-electron chi connectivity index (χ3n) is 4.98. The second-order valence-corrected chi connectivity index (χ2v) is 7.02. The van der Waals surface area contributed by atoms with Crippen LogP contribution in [0.3, 0.4) is 0 Å². The number of carboxylic acid groups (broad SMARTS) is 1. The SMILES string of the molecule is O=C(Nc1cnccc1N1CCNCC1)C1Cc2ccc(F)cc21.O=C(O)C(F)(F)F. The summed E-state index contributed by atoms with van der Waals surface area (Å²) in [7, 11) is 0. The molecular weight excluding hydrogens is 420 g/mol. The summed E-state index contributed by atoms with van der Waals surface area (Å²) in [6, 6.07) is 6.58. The van der Waals surface area contributed by atoms with Gasteiger partial charge in [-0.05, 0) is 35.7 Å². The van der Waals surface area contributed by atoms with Crippen LogP contribution in [-0.4, -0.2) is 54.3 Å². The number of pyridine rings is 1. The number of carbonyl (C=O) groups is 2. The molecular formula is C20H20F4N4O3. The molecule has 1 unspecified atom stereocenters. The van der Waals surface area contributed by atoms with Gasteiger partial charge in [0.05, 0.1) is 23.5 Å². The molecule has 1 saturated heterocycles. The molecule has 1 amide bonds. The molecule has 3 N–H and O–H groups in total. The number of alkyl halides is 3. The van der Waals surface area contributed by atoms with Crippen LogP contribution < -0.4 is 15.5 Å². The van der Waals surface area contributed by atoms with E-state index in [4.69, 9.17) is 9.90 Å². The van der Waals surface area contributed by atoms with E-state index < -0.39 is 12.1 Å². The number of aliphatic carboxylic acids is 1. The fraction of sp³-hybridized carbons (Fsp3) is 0.350. The minimum atomic E-state index is -5.08. The number of rotatable bonds is 3. The molecule has 0 spiro atoms. The van der Waals surface area contributed by atoms with Gasteiger partial charge in [0.25, 0.3) is 0 Å². The Morgan fingerprint density at radius 1 is 1.19 bits per heavy atom. The average Bonchev–Trinajstić information content (AvgIpc) is 2.71. The van der Waals surface area contributed by atoms with Crippen molar-refractivity contribution < 1.29 is 32.3 Å². The summed E-state index contributed by atoms with van der Waals surface area (Å²) in [5.74, 6) is -3.44. The molecule has 0 saturated carbocycles. The van der Waals surface area contributed by atoms with Crippen molar-refractivity contribution in [3.8, 4) is 0 Å². The van der Waals surface area contributed by atoms with Gasteiger partial charge in [-0.25, -0.2) is 9.18 Å². The molecule has 4 rings (SSSR count). The minimum absolute atomic E-state index is 0.0996. The minimum Gasteiger partial charge on any atom is -0.475 e. The van der Waals surface area contributed by atoms with E-state index >= 15 is 0 Å². The molecule has 7 nitrogen and oxygen atoms in total. The van der Waals surface area contributed by atoms with Crippen molar-refractivity contribution in [2.45, 2.75) is 18.5 Å². The fourth-order valence-corrected chi connectivity index (χ4v) is 3.39. The van der Waals surface area contributed by atoms with Gasteiger partial charge in [-0.1, -0.05) is 6.07 Å². The molecule has 166 valence electrons. The summed E-state index contributed by atoms with van der Waals surface area (Å²) < 4.78 is 45.1. The van der Waals surface area contributed by atoms with Gasteiger partial charge in [0.1, 0.15) is 5.82 Å². The lowest BCUT2D eigenvalue weighted by molar-refractivity contribution is -0.192. The third kappa shape index (κ3) is 5.48. The Hall–Kier alpha value is -3.21. The first-order chi connectivity index (χ1) is 14.7. The highest BCUT2D eigenvalue weighted by Gasteiger charge is 2.38. The predicted molar refractivity (Wildman–Crippen MR) is 104 cm³/mol. The highest BCUT2D eigenvalue weighted by Crippen LogP contribution is 2.37. The van der Waals surface area contributed by atoms with Crippen LogP contribution in [0.15, 0.2) is 36.7 Å². The molecule has 1 aliphatic heterocycles. The van der Waals surface area contributed by atoms with Gasteiger partial charge in [-0.3, -0.25) is 9.78 Å². The van der Waals surface area contributed by atoms with Gasteiger partial charge < -0.3 is 20.6 Å². The molecule has 1 aliphatic carbocycles. The Labute approximate surface area is 175 Å². The van der Waals surface area contributed by atoms with Crippen molar-refractivity contribution in [3.05, 3.63) is 53.6 Å². The quantitative estimate of drug-likeness (QED) is 0.636. The van der Waals surface area contributed by atoms with Crippen molar-refractivity contribution >= 4 is 23.3 Å². The normalized spacial score (nSPS) is 17.5. The number of amides is 1. The van der Waals surface area contributed by atoms with Crippen molar-refractivity contribution in [1.82, 2.24) is 10.3 Å². The maximum absolute atomic E-state index is 13.4. The number of nitrogens with zero attached hydrogens (tertiary/aromatic N) is 2. The van der Waals surface area contributed by atoms with E-state index in [9.17, 15) is 22.4 Å². The van der Waals surface area contributed by atoms with E-state index in [1.807, 2.05) is 6.07 Å². The zero-order valence-corrected chi connectivity index (χ0v) is 16.2. The van der Waals surface area contributed by atoms with Crippen molar-refractivity contribution in [2.24, 2.45) is 0 Å². The van der Waals surface area contributed by atoms with Crippen LogP contribution in [-0.2, 0) is 16.0 Å². The van der Waals surface area contributed by atoms with Crippen molar-refractivity contribution in [3.63, 3.8) is 0 Å². The molecule has 2 aromatic rings. The lowest BCUT2D eigenvalue weighted by Gasteiger charge is -2.32. The second-order valence-electron chi connectivity index (χ2n) is 7.02. The van der Waals surface area contributed by atoms with E-state index in [1.165, 1.54) is 12.1 Å². The summed E-state index contributed by atoms with van der Waals surface area (Å²) >= 11 is 0. The zero-order valence-electron chi connectivity index (χ0n) is 16.2. The summed E-state index contributed by atoms with van der Waals surface area (Å²) in [5, 5.41) is 13.4. The van der Waals surface area contributed by atoms with Gasteiger partial charge >= 0.3 is 12.1 Å². The largest absolute Gasteiger partial charge is 0.490 e. The second kappa shape index (κ2) is 9.29. The van der Waals surface area contributed by atoms with E-state index in [-0.39, 0.29) is 17.6 Å². The van der Waals surface area contributed by atoms with Crippen LogP contribution in [0.1, 0.15) is 17.0 Å². The highest BCUT2D eigenvalue weighted by atomic mass is 19.4. The smallest absolute Gasteiger partial charge is 0.475 e. The number of aromatic nitrogens is 1. The van der Waals surface area contributed by atoms with E-state index in [1.54, 1.807) is 18.5 Å². The van der Waals surface area contributed by atoms with Gasteiger partial charge in [0, 0.05) is 32.4 Å². The van der Waals surface area contributed by atoms with Crippen molar-refractivity contribution in [2.75, 3.05) is 36.4 Å². The molecule has 1 aromatic carbocycles. The number of hydrogen-bond acceptors (Lipinski definition) is 5. The van der Waals surface area contributed by atoms with Crippen LogP contribution in [0.4, 0.5) is 28.9 Å². The lowest BCUT2D eigenvalue weighted by atomic mass is 9.77. The topological polar surface area (TPSA) is 94.6 Å². The number of nitrogens with one attached hydrogen (secondary N) is 2. The highest BCUT2D eigenvalue weighted by molar-refractivity contribution is 6.00. The number of carbonyl (C=O) groups excluding carboxylic acids is 1. The summed E-state index contributed by atoms with van der Waals surface area (Å²) in [6.45, 7) is 3.63. The molecule has 2 aliphatic rings. The number of carboxylic acids is 1. The Morgan fingerprint density at radius 3 is 2.52 bits per heavy atom. The van der Waals surface area contributed by atoms with Gasteiger partial charge in [-0.2, -0.15) is 13.2 Å². The zero-order chi connectivity index (χ0) is 22.6. The van der Waals surface area contributed by atoms with Crippen LogP contribution in [0.2, 0.25) is 0 Å². The molecule has 31 heavy (non-hydrogen) atoms. The van der Waals surface area contributed by atoms with Crippen LogP contribution >= 0.6 is 0 Å². The van der Waals surface area contributed by atoms with Gasteiger partial charge in [0.15, 0.2) is 0 Å². The number of halogens is 4. The van der Waals surface area contributed by atoms with E-state index in [0.717, 1.165) is 43.0 Å². The van der Waals surface area contributed by atoms with Gasteiger partial charge in [-0.15, -0.1) is 0 Å². The number of hydrogen-bond donors (Lipinski definition) is 3. The summed E-state index contributed by atoms with van der Waals surface area (Å²) in [6.07, 6.45) is -1.01. The fourth-order valence-electron chi connectivity index (χ4n) is 3.39. The van der Waals surface area contributed by atoms with Crippen LogP contribution in [0.25, 0.3) is 0 Å². The van der Waals surface area contributed by atoms with E-state index in [2.05, 4.69) is 20.5 Å². The first kappa shape index (κ1) is 22.5. The lowest BCUT2D eigenvalue weighted by Crippen LogP contribution is -2.44.